The third kappa shape index (κ3) is 4.82. The predicted molar refractivity (Wildman–Crippen MR) is 93.7 cm³/mol. The van der Waals surface area contributed by atoms with Gasteiger partial charge in [-0.15, -0.1) is 0 Å². The lowest BCUT2D eigenvalue weighted by Gasteiger charge is -2.24. The number of carbonyl (C=O) groups excluding carboxylic acids is 3. The highest BCUT2D eigenvalue weighted by molar-refractivity contribution is 5.89. The Kier molecular flexibility index (Phi) is 5.46. The van der Waals surface area contributed by atoms with Crippen molar-refractivity contribution in [1.82, 2.24) is 10.2 Å². The van der Waals surface area contributed by atoms with Crippen LogP contribution in [0.15, 0.2) is 30.5 Å². The van der Waals surface area contributed by atoms with Crippen LogP contribution in [0.5, 0.6) is 0 Å². The fraction of sp³-hybridized carbons (Fsp3) is 0.389. The van der Waals surface area contributed by atoms with Crippen molar-refractivity contribution in [2.45, 2.75) is 39.5 Å². The normalized spacial score (nSPS) is 13.5. The Morgan fingerprint density at radius 1 is 1.24 bits per heavy atom. The molecule has 1 aliphatic rings. The monoisotopic (exact) mass is 345 g/mol. The maximum atomic E-state index is 12.2. The van der Waals surface area contributed by atoms with Gasteiger partial charge in [0.05, 0.1) is 0 Å². The Balaban J connectivity index is 2.13. The van der Waals surface area contributed by atoms with Crippen LogP contribution in [-0.2, 0) is 27.4 Å². The molecule has 7 heteroatoms. The van der Waals surface area contributed by atoms with Crippen molar-refractivity contribution in [3.05, 3.63) is 41.6 Å². The number of nitrogens with zero attached hydrogens (tertiary/aromatic N) is 2. The van der Waals surface area contributed by atoms with Gasteiger partial charge in [-0.1, -0.05) is 6.07 Å². The van der Waals surface area contributed by atoms with Crippen LogP contribution in [0.1, 0.15) is 31.9 Å². The van der Waals surface area contributed by atoms with Gasteiger partial charge in [-0.25, -0.2) is 4.79 Å². The molecule has 1 N–H and O–H groups in total. The number of amides is 3. The molecule has 1 aliphatic heterocycles. The summed E-state index contributed by atoms with van der Waals surface area (Å²) >= 11 is 0. The minimum Gasteiger partial charge on any atom is -0.444 e. The molecule has 1 aromatic rings. The second-order valence-electron chi connectivity index (χ2n) is 6.73. The highest BCUT2D eigenvalue weighted by atomic mass is 16.6. The average molecular weight is 345 g/mol. The quantitative estimate of drug-likeness (QED) is 0.670. The van der Waals surface area contributed by atoms with Crippen LogP contribution in [0.2, 0.25) is 0 Å². The molecule has 3 amide bonds. The molecule has 0 unspecified atom stereocenters. The molecular formula is C18H23N3O4. The van der Waals surface area contributed by atoms with Gasteiger partial charge in [-0.3, -0.25) is 19.4 Å². The van der Waals surface area contributed by atoms with Crippen molar-refractivity contribution >= 4 is 24.1 Å². The molecule has 1 heterocycles. The van der Waals surface area contributed by atoms with Gasteiger partial charge in [-0.05, 0) is 44.0 Å². The molecular weight excluding hydrogens is 322 g/mol. The number of nitrogens with one attached hydrogen (secondary N) is 1. The topological polar surface area (TPSA) is 79.0 Å². The maximum Gasteiger partial charge on any atom is 0.410 e. The summed E-state index contributed by atoms with van der Waals surface area (Å²) in [7, 11) is 1.51. The van der Waals surface area contributed by atoms with E-state index in [-0.39, 0.29) is 12.0 Å². The van der Waals surface area contributed by atoms with Crippen molar-refractivity contribution in [2.24, 2.45) is 0 Å². The minimum absolute atomic E-state index is 0.302. The molecule has 0 spiro atoms. The Morgan fingerprint density at radius 3 is 2.52 bits per heavy atom. The van der Waals surface area contributed by atoms with Crippen LogP contribution in [0.4, 0.5) is 10.5 Å². The number of benzene rings is 1. The zero-order chi connectivity index (χ0) is 18.6. The number of likely N-dealkylation sites (N-methyl/N-ethyl adjacent to an activating group) is 1. The van der Waals surface area contributed by atoms with Crippen LogP contribution < -0.4 is 10.2 Å². The highest BCUT2D eigenvalue weighted by Gasteiger charge is 2.28. The second kappa shape index (κ2) is 7.38. The van der Waals surface area contributed by atoms with Gasteiger partial charge >= 0.3 is 6.09 Å². The molecule has 0 bridgehead atoms. The molecule has 0 fully saturated rings. The number of hydrogen-bond acceptors (Lipinski definition) is 4. The maximum absolute atomic E-state index is 12.2. The van der Waals surface area contributed by atoms with Crippen LogP contribution in [-0.4, -0.2) is 36.0 Å². The summed E-state index contributed by atoms with van der Waals surface area (Å²) in [6.07, 6.45) is 2.93. The number of rotatable bonds is 4. The van der Waals surface area contributed by atoms with E-state index in [1.54, 1.807) is 11.0 Å². The first-order valence-corrected chi connectivity index (χ1v) is 7.97. The van der Waals surface area contributed by atoms with Gasteiger partial charge < -0.3 is 10.1 Å². The molecule has 0 saturated heterocycles. The van der Waals surface area contributed by atoms with Crippen LogP contribution in [0.25, 0.3) is 0 Å². The van der Waals surface area contributed by atoms with Crippen molar-refractivity contribution in [3.8, 4) is 0 Å². The van der Waals surface area contributed by atoms with Crippen molar-refractivity contribution < 1.29 is 19.1 Å². The molecule has 7 nitrogen and oxygen atoms in total. The summed E-state index contributed by atoms with van der Waals surface area (Å²) in [6.45, 7) is 6.37. The van der Waals surface area contributed by atoms with E-state index < -0.39 is 5.60 Å². The average Bonchev–Trinajstić information content (AvgIpc) is 2.97. The summed E-state index contributed by atoms with van der Waals surface area (Å²) in [5.74, 6) is -0.302. The van der Waals surface area contributed by atoms with E-state index >= 15 is 0 Å². The fourth-order valence-corrected chi connectivity index (χ4v) is 2.41. The Bertz CT molecular complexity index is 707. The number of ether oxygens (including phenoxy) is 1. The van der Waals surface area contributed by atoms with Crippen molar-refractivity contribution in [3.63, 3.8) is 0 Å². The van der Waals surface area contributed by atoms with E-state index in [9.17, 15) is 14.4 Å². The largest absolute Gasteiger partial charge is 0.444 e. The van der Waals surface area contributed by atoms with Gasteiger partial charge in [0.1, 0.15) is 5.60 Å². The van der Waals surface area contributed by atoms with Crippen molar-refractivity contribution in [2.75, 3.05) is 11.9 Å². The molecule has 134 valence electrons. The van der Waals surface area contributed by atoms with Gasteiger partial charge in [0.25, 0.3) is 0 Å². The van der Waals surface area contributed by atoms with Gasteiger partial charge in [-0.2, -0.15) is 0 Å². The third-order valence-electron chi connectivity index (χ3n) is 3.61. The highest BCUT2D eigenvalue weighted by Crippen LogP contribution is 2.28. The van der Waals surface area contributed by atoms with E-state index in [0.717, 1.165) is 11.1 Å². The van der Waals surface area contributed by atoms with Gasteiger partial charge in [0.2, 0.25) is 12.3 Å². The van der Waals surface area contributed by atoms with Crippen LogP contribution in [0, 0.1) is 0 Å². The second-order valence-corrected chi connectivity index (χ2v) is 6.73. The molecule has 1 aromatic carbocycles. The zero-order valence-corrected chi connectivity index (χ0v) is 14.9. The SMILES string of the molecule is CNC(=O)/C=C\N(C=O)c1ccc2c(c1)CN(C(=O)OC(C)(C)C)C2. The van der Waals surface area contributed by atoms with E-state index in [1.165, 1.54) is 24.2 Å². The predicted octanol–water partition coefficient (Wildman–Crippen LogP) is 2.16. The summed E-state index contributed by atoms with van der Waals surface area (Å²) < 4.78 is 5.39. The minimum atomic E-state index is -0.546. The first-order chi connectivity index (χ1) is 11.7. The Labute approximate surface area is 147 Å². The molecule has 0 atom stereocenters. The smallest absolute Gasteiger partial charge is 0.410 e. The summed E-state index contributed by atoms with van der Waals surface area (Å²) in [5, 5.41) is 2.45. The van der Waals surface area contributed by atoms with E-state index in [4.69, 9.17) is 4.74 Å². The summed E-state index contributed by atoms with van der Waals surface area (Å²) in [4.78, 5) is 37.7. The zero-order valence-electron chi connectivity index (χ0n) is 14.9. The molecule has 2 rings (SSSR count). The number of anilines is 1. The number of hydrogen-bond donors (Lipinski definition) is 1. The van der Waals surface area contributed by atoms with Gasteiger partial charge in [0.15, 0.2) is 0 Å². The van der Waals surface area contributed by atoms with E-state index in [0.29, 0.717) is 25.2 Å². The van der Waals surface area contributed by atoms with E-state index in [2.05, 4.69) is 5.32 Å². The van der Waals surface area contributed by atoms with Crippen LogP contribution in [0.3, 0.4) is 0 Å². The van der Waals surface area contributed by atoms with E-state index in [1.807, 2.05) is 32.9 Å². The molecule has 0 aromatic heterocycles. The third-order valence-corrected chi connectivity index (χ3v) is 3.61. The Hall–Kier alpha value is -2.83. The lowest BCUT2D eigenvalue weighted by atomic mass is 10.1. The lowest BCUT2D eigenvalue weighted by molar-refractivity contribution is -0.116. The molecule has 0 saturated carbocycles. The first-order valence-electron chi connectivity index (χ1n) is 7.97. The van der Waals surface area contributed by atoms with Gasteiger partial charge in [0, 0.05) is 38.1 Å². The van der Waals surface area contributed by atoms with Crippen LogP contribution >= 0.6 is 0 Å². The summed E-state index contributed by atoms with van der Waals surface area (Å²) in [6, 6.07) is 5.49. The van der Waals surface area contributed by atoms with Crippen molar-refractivity contribution in [1.29, 1.82) is 0 Å². The molecule has 0 aliphatic carbocycles. The number of carbonyl (C=O) groups is 3. The fourth-order valence-electron chi connectivity index (χ4n) is 2.41. The standard InChI is InChI=1S/C18H23N3O4/c1-18(2,3)25-17(24)21-10-13-5-6-15(9-14(13)11-21)20(12-22)8-7-16(23)19-4/h5-9,12H,10-11H2,1-4H3,(H,19,23)/b8-7-. The summed E-state index contributed by atoms with van der Waals surface area (Å²) in [5.41, 5.74) is 2.04. The number of fused-ring (bicyclic) bond motifs is 1. The molecule has 25 heavy (non-hydrogen) atoms. The Morgan fingerprint density at radius 2 is 1.92 bits per heavy atom. The first kappa shape index (κ1) is 18.5. The molecule has 0 radical (unpaired) electrons. The lowest BCUT2D eigenvalue weighted by Crippen LogP contribution is -2.33.